The molecule has 5 nitrogen and oxygen atoms in total. The van der Waals surface area contributed by atoms with Gasteiger partial charge in [0.25, 0.3) is 5.91 Å². The number of carbonyl (C=O) groups is 1. The van der Waals surface area contributed by atoms with Crippen LogP contribution in [0, 0.1) is 6.92 Å². The second-order valence-electron chi connectivity index (χ2n) is 4.23. The van der Waals surface area contributed by atoms with Gasteiger partial charge >= 0.3 is 0 Å². The molecule has 1 aliphatic rings. The molecule has 1 aromatic heterocycles. The maximum atomic E-state index is 12.0. The van der Waals surface area contributed by atoms with Gasteiger partial charge < -0.3 is 10.1 Å². The van der Waals surface area contributed by atoms with E-state index in [9.17, 15) is 4.79 Å². The molecular formula is C12H17N3O2S. The highest BCUT2D eigenvalue weighted by molar-refractivity contribution is 7.98. The van der Waals surface area contributed by atoms with Gasteiger partial charge in [-0.25, -0.2) is 9.97 Å². The van der Waals surface area contributed by atoms with Crippen molar-refractivity contribution in [2.45, 2.75) is 31.0 Å². The smallest absolute Gasteiger partial charge is 0.270 e. The summed E-state index contributed by atoms with van der Waals surface area (Å²) in [5.74, 6) is -0.161. The largest absolute Gasteiger partial charge is 0.376 e. The summed E-state index contributed by atoms with van der Waals surface area (Å²) in [4.78, 5) is 20.4. The second kappa shape index (κ2) is 6.15. The molecule has 18 heavy (non-hydrogen) atoms. The van der Waals surface area contributed by atoms with Gasteiger partial charge in [0.1, 0.15) is 5.69 Å². The van der Waals surface area contributed by atoms with Gasteiger partial charge in [0.05, 0.1) is 6.10 Å². The van der Waals surface area contributed by atoms with Crippen LogP contribution in [0.3, 0.4) is 0 Å². The lowest BCUT2D eigenvalue weighted by atomic mass is 10.2. The fourth-order valence-electron chi connectivity index (χ4n) is 1.85. The number of carbonyl (C=O) groups excluding carboxylic acids is 1. The van der Waals surface area contributed by atoms with Gasteiger partial charge in [-0.15, -0.1) is 0 Å². The Bertz CT molecular complexity index is 433. The summed E-state index contributed by atoms with van der Waals surface area (Å²) in [6.07, 6.45) is 4.13. The number of aryl methyl sites for hydroxylation is 1. The summed E-state index contributed by atoms with van der Waals surface area (Å²) in [5.41, 5.74) is 1.22. The number of hydrogen-bond acceptors (Lipinski definition) is 5. The minimum Gasteiger partial charge on any atom is -0.376 e. The molecule has 6 heteroatoms. The molecule has 1 N–H and O–H groups in total. The van der Waals surface area contributed by atoms with Crippen LogP contribution in [0.15, 0.2) is 11.2 Å². The molecular weight excluding hydrogens is 250 g/mol. The molecule has 0 aromatic carbocycles. The van der Waals surface area contributed by atoms with Gasteiger partial charge in [0.15, 0.2) is 5.16 Å². The van der Waals surface area contributed by atoms with E-state index in [-0.39, 0.29) is 12.0 Å². The van der Waals surface area contributed by atoms with Gasteiger partial charge in [0, 0.05) is 18.8 Å². The highest BCUT2D eigenvalue weighted by Gasteiger charge is 2.17. The van der Waals surface area contributed by atoms with E-state index in [1.807, 2.05) is 13.2 Å². The molecule has 1 unspecified atom stereocenters. The van der Waals surface area contributed by atoms with Crippen molar-refractivity contribution < 1.29 is 9.53 Å². The van der Waals surface area contributed by atoms with Crippen molar-refractivity contribution in [2.75, 3.05) is 19.4 Å². The number of thioether (sulfide) groups is 1. The van der Waals surface area contributed by atoms with E-state index in [4.69, 9.17) is 4.74 Å². The fraction of sp³-hybridized carbons (Fsp3) is 0.583. The zero-order valence-electron chi connectivity index (χ0n) is 10.6. The Kier molecular flexibility index (Phi) is 4.54. The third-order valence-corrected chi connectivity index (χ3v) is 3.31. The SMILES string of the molecule is CSc1nc(C)cc(C(=O)NCC2CCCO2)n1. The van der Waals surface area contributed by atoms with Crippen molar-refractivity contribution in [3.8, 4) is 0 Å². The third kappa shape index (κ3) is 3.43. The van der Waals surface area contributed by atoms with E-state index in [0.29, 0.717) is 17.4 Å². The number of ether oxygens (including phenoxy) is 1. The fourth-order valence-corrected chi connectivity index (χ4v) is 2.28. The number of nitrogens with one attached hydrogen (secondary N) is 1. The molecule has 1 aromatic rings. The molecule has 1 atom stereocenters. The van der Waals surface area contributed by atoms with Crippen LogP contribution in [0.5, 0.6) is 0 Å². The molecule has 2 heterocycles. The van der Waals surface area contributed by atoms with Crippen LogP contribution >= 0.6 is 11.8 Å². The number of hydrogen-bond donors (Lipinski definition) is 1. The van der Waals surface area contributed by atoms with Gasteiger partial charge in [-0.2, -0.15) is 0 Å². The standard InChI is InChI=1S/C12H17N3O2S/c1-8-6-10(15-12(14-8)18-2)11(16)13-7-9-4-3-5-17-9/h6,9H,3-5,7H2,1-2H3,(H,13,16). The van der Waals surface area contributed by atoms with Crippen molar-refractivity contribution >= 4 is 17.7 Å². The molecule has 0 spiro atoms. The first-order chi connectivity index (χ1) is 8.69. The zero-order valence-corrected chi connectivity index (χ0v) is 11.4. The van der Waals surface area contributed by atoms with Crippen molar-refractivity contribution in [3.05, 3.63) is 17.5 Å². The maximum absolute atomic E-state index is 12.0. The molecule has 2 rings (SSSR count). The van der Waals surface area contributed by atoms with Crippen molar-refractivity contribution in [2.24, 2.45) is 0 Å². The number of amides is 1. The van der Waals surface area contributed by atoms with E-state index < -0.39 is 0 Å². The highest BCUT2D eigenvalue weighted by Crippen LogP contribution is 2.12. The third-order valence-electron chi connectivity index (χ3n) is 2.76. The minimum atomic E-state index is -0.161. The Labute approximate surface area is 111 Å². The first-order valence-corrected chi connectivity index (χ1v) is 7.21. The molecule has 1 aliphatic heterocycles. The lowest BCUT2D eigenvalue weighted by molar-refractivity contribution is 0.0853. The first-order valence-electron chi connectivity index (χ1n) is 5.98. The summed E-state index contributed by atoms with van der Waals surface area (Å²) in [6.45, 7) is 3.21. The quantitative estimate of drug-likeness (QED) is 0.660. The normalized spacial score (nSPS) is 18.9. The van der Waals surface area contributed by atoms with Crippen LogP contribution in [0.2, 0.25) is 0 Å². The highest BCUT2D eigenvalue weighted by atomic mass is 32.2. The molecule has 0 radical (unpaired) electrons. The van der Waals surface area contributed by atoms with Crippen LogP contribution in [0.25, 0.3) is 0 Å². The maximum Gasteiger partial charge on any atom is 0.270 e. The monoisotopic (exact) mass is 267 g/mol. The van der Waals surface area contributed by atoms with Gasteiger partial charge in [-0.3, -0.25) is 4.79 Å². The summed E-state index contributed by atoms with van der Waals surface area (Å²) in [7, 11) is 0. The van der Waals surface area contributed by atoms with Crippen molar-refractivity contribution in [1.29, 1.82) is 0 Å². The number of rotatable bonds is 4. The molecule has 0 bridgehead atoms. The van der Waals surface area contributed by atoms with Crippen LogP contribution in [0.4, 0.5) is 0 Å². The molecule has 0 saturated carbocycles. The molecule has 98 valence electrons. The van der Waals surface area contributed by atoms with E-state index >= 15 is 0 Å². The van der Waals surface area contributed by atoms with E-state index in [0.717, 1.165) is 25.1 Å². The minimum absolute atomic E-state index is 0.150. The van der Waals surface area contributed by atoms with Crippen LogP contribution in [0.1, 0.15) is 29.0 Å². The summed E-state index contributed by atoms with van der Waals surface area (Å²) in [5, 5.41) is 3.48. The van der Waals surface area contributed by atoms with Crippen molar-refractivity contribution in [1.82, 2.24) is 15.3 Å². The summed E-state index contributed by atoms with van der Waals surface area (Å²) >= 11 is 1.43. The van der Waals surface area contributed by atoms with Crippen molar-refractivity contribution in [3.63, 3.8) is 0 Å². The number of nitrogens with zero attached hydrogens (tertiary/aromatic N) is 2. The predicted octanol–water partition coefficient (Wildman–Crippen LogP) is 1.42. The predicted molar refractivity (Wildman–Crippen MR) is 69.9 cm³/mol. The zero-order chi connectivity index (χ0) is 13.0. The Balaban J connectivity index is 1.97. The molecule has 1 saturated heterocycles. The molecule has 1 amide bonds. The van der Waals surface area contributed by atoms with Gasteiger partial charge in [-0.05, 0) is 32.1 Å². The Hall–Kier alpha value is -1.14. The average Bonchev–Trinajstić information content (AvgIpc) is 2.88. The summed E-state index contributed by atoms with van der Waals surface area (Å²) < 4.78 is 5.46. The van der Waals surface area contributed by atoms with Crippen LogP contribution in [-0.2, 0) is 4.74 Å². The average molecular weight is 267 g/mol. The van der Waals surface area contributed by atoms with Crippen LogP contribution < -0.4 is 5.32 Å². The summed E-state index contributed by atoms with van der Waals surface area (Å²) in [6, 6.07) is 1.70. The molecule has 1 fully saturated rings. The van der Waals surface area contributed by atoms with Gasteiger partial charge in [-0.1, -0.05) is 11.8 Å². The Morgan fingerprint density at radius 2 is 2.44 bits per heavy atom. The van der Waals surface area contributed by atoms with Crippen LogP contribution in [-0.4, -0.2) is 41.4 Å². The molecule has 0 aliphatic carbocycles. The topological polar surface area (TPSA) is 64.1 Å². The Morgan fingerprint density at radius 1 is 1.61 bits per heavy atom. The van der Waals surface area contributed by atoms with E-state index in [1.165, 1.54) is 11.8 Å². The van der Waals surface area contributed by atoms with E-state index in [1.54, 1.807) is 6.07 Å². The van der Waals surface area contributed by atoms with Gasteiger partial charge in [0.2, 0.25) is 0 Å². The second-order valence-corrected chi connectivity index (χ2v) is 5.00. The number of aromatic nitrogens is 2. The van der Waals surface area contributed by atoms with E-state index in [2.05, 4.69) is 15.3 Å². The lowest BCUT2D eigenvalue weighted by Gasteiger charge is -2.10. The lowest BCUT2D eigenvalue weighted by Crippen LogP contribution is -2.32. The first kappa shape index (κ1) is 13.3. The Morgan fingerprint density at radius 3 is 3.11 bits per heavy atom.